The van der Waals surface area contributed by atoms with Crippen molar-refractivity contribution < 1.29 is 4.74 Å². The minimum atomic E-state index is -0.0806. The third-order valence-electron chi connectivity index (χ3n) is 5.54. The third-order valence-corrected chi connectivity index (χ3v) is 5.54. The Balaban J connectivity index is 0.00000184. The maximum absolute atomic E-state index is 5.65. The van der Waals surface area contributed by atoms with Gasteiger partial charge in [-0.15, -0.1) is 0 Å². The van der Waals surface area contributed by atoms with Crippen LogP contribution in [-0.2, 0) is 11.3 Å². The van der Waals surface area contributed by atoms with Gasteiger partial charge in [-0.1, -0.05) is 47.6 Å². The van der Waals surface area contributed by atoms with E-state index in [0.717, 1.165) is 39.1 Å². The molecular formula is C25H49N3O. The lowest BCUT2D eigenvalue weighted by Gasteiger charge is -2.46. The van der Waals surface area contributed by atoms with Crippen LogP contribution in [0, 0.1) is 0 Å². The monoisotopic (exact) mass is 407 g/mol. The highest BCUT2D eigenvalue weighted by Gasteiger charge is 2.35. The van der Waals surface area contributed by atoms with Gasteiger partial charge >= 0.3 is 0 Å². The SMILES string of the molecule is CC.CC.COC(C)(C)CC(C)(C)N1CCN(Cc2ccc(C(C)C)cn2)CC1. The molecular weight excluding hydrogens is 358 g/mol. The summed E-state index contributed by atoms with van der Waals surface area (Å²) in [4.78, 5) is 9.78. The normalized spacial score (nSPS) is 16.0. The Morgan fingerprint density at radius 1 is 0.966 bits per heavy atom. The van der Waals surface area contributed by atoms with Crippen molar-refractivity contribution in [3.63, 3.8) is 0 Å². The fourth-order valence-corrected chi connectivity index (χ4v) is 3.84. The number of hydrogen-bond donors (Lipinski definition) is 0. The molecule has 0 bridgehead atoms. The highest BCUT2D eigenvalue weighted by atomic mass is 16.5. The van der Waals surface area contributed by atoms with Crippen molar-refractivity contribution in [3.8, 4) is 0 Å². The zero-order valence-corrected chi connectivity index (χ0v) is 21.3. The molecule has 0 aliphatic carbocycles. The number of methoxy groups -OCH3 is 1. The van der Waals surface area contributed by atoms with Crippen molar-refractivity contribution in [2.24, 2.45) is 0 Å². The lowest BCUT2D eigenvalue weighted by Crippen LogP contribution is -2.56. The molecule has 1 aliphatic rings. The van der Waals surface area contributed by atoms with Crippen LogP contribution in [0.5, 0.6) is 0 Å². The quantitative estimate of drug-likeness (QED) is 0.557. The van der Waals surface area contributed by atoms with Crippen LogP contribution < -0.4 is 0 Å². The van der Waals surface area contributed by atoms with Crippen molar-refractivity contribution in [3.05, 3.63) is 29.6 Å². The van der Waals surface area contributed by atoms with Crippen LogP contribution in [0.4, 0.5) is 0 Å². The number of aromatic nitrogens is 1. The molecule has 4 heteroatoms. The van der Waals surface area contributed by atoms with Gasteiger partial charge in [0.05, 0.1) is 11.3 Å². The summed E-state index contributed by atoms with van der Waals surface area (Å²) < 4.78 is 5.65. The first kappa shape index (κ1) is 28.0. The molecule has 2 rings (SSSR count). The molecule has 4 nitrogen and oxygen atoms in total. The molecule has 0 radical (unpaired) electrons. The summed E-state index contributed by atoms with van der Waals surface area (Å²) in [6, 6.07) is 4.41. The van der Waals surface area contributed by atoms with E-state index in [1.54, 1.807) is 0 Å². The first-order chi connectivity index (χ1) is 13.6. The Kier molecular flexibility index (Phi) is 12.9. The molecule has 0 N–H and O–H groups in total. The second-order valence-corrected chi connectivity index (χ2v) is 8.95. The zero-order valence-electron chi connectivity index (χ0n) is 21.3. The van der Waals surface area contributed by atoms with E-state index >= 15 is 0 Å². The fraction of sp³-hybridized carbons (Fsp3) is 0.800. The molecule has 0 unspecified atom stereocenters. The van der Waals surface area contributed by atoms with Crippen molar-refractivity contribution in [2.45, 2.75) is 99.3 Å². The van der Waals surface area contributed by atoms with Crippen LogP contribution >= 0.6 is 0 Å². The van der Waals surface area contributed by atoms with E-state index in [4.69, 9.17) is 4.74 Å². The van der Waals surface area contributed by atoms with Crippen molar-refractivity contribution in [1.82, 2.24) is 14.8 Å². The molecule has 170 valence electrons. The molecule has 1 aliphatic heterocycles. The van der Waals surface area contributed by atoms with E-state index in [9.17, 15) is 0 Å². The Bertz CT molecular complexity index is 530. The van der Waals surface area contributed by atoms with Crippen LogP contribution in [0.1, 0.15) is 92.8 Å². The first-order valence-corrected chi connectivity index (χ1v) is 11.6. The maximum Gasteiger partial charge on any atom is 0.0640 e. The Labute approximate surface area is 182 Å². The van der Waals surface area contributed by atoms with Gasteiger partial charge in [0, 0.05) is 51.6 Å². The second-order valence-electron chi connectivity index (χ2n) is 8.95. The molecule has 0 amide bonds. The predicted molar refractivity (Wildman–Crippen MR) is 128 cm³/mol. The molecule has 2 heterocycles. The molecule has 1 aromatic heterocycles. The van der Waals surface area contributed by atoms with Crippen LogP contribution in [-0.4, -0.2) is 59.2 Å². The van der Waals surface area contributed by atoms with Gasteiger partial charge in [-0.25, -0.2) is 0 Å². The van der Waals surface area contributed by atoms with Gasteiger partial charge in [0.1, 0.15) is 0 Å². The van der Waals surface area contributed by atoms with Gasteiger partial charge < -0.3 is 4.74 Å². The molecule has 1 fully saturated rings. The number of rotatable bonds is 7. The van der Waals surface area contributed by atoms with Crippen LogP contribution in [0.3, 0.4) is 0 Å². The van der Waals surface area contributed by atoms with Crippen LogP contribution in [0.2, 0.25) is 0 Å². The highest BCUT2D eigenvalue weighted by Crippen LogP contribution is 2.29. The van der Waals surface area contributed by atoms with E-state index in [1.807, 2.05) is 41.0 Å². The van der Waals surface area contributed by atoms with E-state index in [1.165, 1.54) is 11.3 Å². The van der Waals surface area contributed by atoms with Gasteiger partial charge in [-0.2, -0.15) is 0 Å². The lowest BCUT2D eigenvalue weighted by atomic mass is 9.87. The largest absolute Gasteiger partial charge is 0.379 e. The molecule has 0 atom stereocenters. The van der Waals surface area contributed by atoms with Gasteiger partial charge in [0.2, 0.25) is 0 Å². The van der Waals surface area contributed by atoms with Crippen LogP contribution in [0.15, 0.2) is 18.3 Å². The van der Waals surface area contributed by atoms with Gasteiger partial charge in [0.25, 0.3) is 0 Å². The second kappa shape index (κ2) is 13.4. The van der Waals surface area contributed by atoms with Crippen LogP contribution in [0.25, 0.3) is 0 Å². The van der Waals surface area contributed by atoms with E-state index in [-0.39, 0.29) is 11.1 Å². The molecule has 0 spiro atoms. The first-order valence-electron chi connectivity index (χ1n) is 11.6. The Hall–Kier alpha value is -0.970. The number of piperazine rings is 1. The number of ether oxygens (including phenoxy) is 1. The smallest absolute Gasteiger partial charge is 0.0640 e. The topological polar surface area (TPSA) is 28.6 Å². The zero-order chi connectivity index (χ0) is 22.7. The number of pyridine rings is 1. The van der Waals surface area contributed by atoms with E-state index in [0.29, 0.717) is 5.92 Å². The minimum Gasteiger partial charge on any atom is -0.379 e. The summed E-state index contributed by atoms with van der Waals surface area (Å²) in [6.45, 7) is 26.8. The van der Waals surface area contributed by atoms with Gasteiger partial charge in [-0.3, -0.25) is 14.8 Å². The Morgan fingerprint density at radius 3 is 1.93 bits per heavy atom. The molecule has 1 saturated heterocycles. The van der Waals surface area contributed by atoms with Crippen molar-refractivity contribution in [1.29, 1.82) is 0 Å². The lowest BCUT2D eigenvalue weighted by molar-refractivity contribution is -0.0425. The third kappa shape index (κ3) is 9.59. The van der Waals surface area contributed by atoms with E-state index in [2.05, 4.69) is 68.5 Å². The maximum atomic E-state index is 5.65. The van der Waals surface area contributed by atoms with Gasteiger partial charge in [0.15, 0.2) is 0 Å². The molecule has 0 aromatic carbocycles. The summed E-state index contributed by atoms with van der Waals surface area (Å²) >= 11 is 0. The van der Waals surface area contributed by atoms with Gasteiger partial charge in [-0.05, 0) is 51.7 Å². The Morgan fingerprint density at radius 2 is 1.52 bits per heavy atom. The number of nitrogens with zero attached hydrogens (tertiary/aromatic N) is 3. The molecule has 0 saturated carbocycles. The average Bonchev–Trinajstić information content (AvgIpc) is 2.71. The fourth-order valence-electron chi connectivity index (χ4n) is 3.84. The van der Waals surface area contributed by atoms with Crippen molar-refractivity contribution in [2.75, 3.05) is 33.3 Å². The average molecular weight is 408 g/mol. The molecule has 29 heavy (non-hydrogen) atoms. The summed E-state index contributed by atoms with van der Waals surface area (Å²) in [7, 11) is 1.81. The standard InChI is InChI=1S/C21H37N3O.2C2H6/c1-17(2)18-8-9-19(22-14-18)15-23-10-12-24(13-11-23)20(3,4)16-21(5,6)25-7;2*1-2/h8-9,14,17H,10-13,15-16H2,1-7H3;2*1-2H3. The summed E-state index contributed by atoms with van der Waals surface area (Å²) in [5, 5.41) is 0. The summed E-state index contributed by atoms with van der Waals surface area (Å²) in [5.74, 6) is 0.545. The predicted octanol–water partition coefficient (Wildman–Crippen LogP) is 5.97. The number of hydrogen-bond acceptors (Lipinski definition) is 4. The molecule has 1 aromatic rings. The highest BCUT2D eigenvalue weighted by molar-refractivity contribution is 5.17. The van der Waals surface area contributed by atoms with Crippen molar-refractivity contribution >= 4 is 0 Å². The van der Waals surface area contributed by atoms with E-state index < -0.39 is 0 Å². The summed E-state index contributed by atoms with van der Waals surface area (Å²) in [6.07, 6.45) is 3.07. The minimum absolute atomic E-state index is 0.0806. The summed E-state index contributed by atoms with van der Waals surface area (Å²) in [5.41, 5.74) is 2.57.